The number of rotatable bonds is 3. The molecule has 1 amide bonds. The van der Waals surface area contributed by atoms with Crippen molar-refractivity contribution in [2.45, 2.75) is 18.9 Å². The number of hydrogen-bond donors (Lipinski definition) is 0. The van der Waals surface area contributed by atoms with Gasteiger partial charge in [-0.2, -0.15) is 5.10 Å². The Hall–Kier alpha value is -3.54. The number of aromatic nitrogens is 4. The molecule has 4 heterocycles. The Morgan fingerprint density at radius 3 is 2.72 bits per heavy atom. The van der Waals surface area contributed by atoms with E-state index in [0.29, 0.717) is 5.56 Å². The summed E-state index contributed by atoms with van der Waals surface area (Å²) in [7, 11) is 1.90. The van der Waals surface area contributed by atoms with Gasteiger partial charge >= 0.3 is 0 Å². The van der Waals surface area contributed by atoms with Crippen LogP contribution in [0.1, 0.15) is 34.9 Å². The van der Waals surface area contributed by atoms with E-state index in [1.165, 1.54) is 0 Å². The van der Waals surface area contributed by atoms with Crippen molar-refractivity contribution in [2.24, 2.45) is 7.05 Å². The topological polar surface area (TPSA) is 63.9 Å². The molecule has 1 aliphatic heterocycles. The van der Waals surface area contributed by atoms with Crippen molar-refractivity contribution < 1.29 is 4.79 Å². The van der Waals surface area contributed by atoms with Gasteiger partial charge in [-0.3, -0.25) is 19.4 Å². The van der Waals surface area contributed by atoms with E-state index in [1.807, 2.05) is 66.9 Å². The Kier molecular flexibility index (Phi) is 4.31. The number of likely N-dealkylation sites (tertiary alicyclic amines) is 1. The highest BCUT2D eigenvalue weighted by atomic mass is 16.2. The number of benzene rings is 1. The fourth-order valence-electron chi connectivity index (χ4n) is 4.09. The number of carbonyl (C=O) groups excluding carboxylic acids is 1. The van der Waals surface area contributed by atoms with Gasteiger partial charge in [0.25, 0.3) is 5.91 Å². The number of carbonyl (C=O) groups is 1. The van der Waals surface area contributed by atoms with Gasteiger partial charge < -0.3 is 4.90 Å². The molecule has 4 aromatic rings. The molecule has 5 rings (SSSR count). The molecule has 1 saturated heterocycles. The first-order chi connectivity index (χ1) is 14.2. The highest BCUT2D eigenvalue weighted by Gasteiger charge is 2.32. The van der Waals surface area contributed by atoms with Crippen molar-refractivity contribution in [3.8, 4) is 11.1 Å². The largest absolute Gasteiger partial charge is 0.330 e. The minimum Gasteiger partial charge on any atom is -0.330 e. The lowest BCUT2D eigenvalue weighted by molar-refractivity contribution is 0.0734. The van der Waals surface area contributed by atoms with E-state index in [1.54, 1.807) is 10.9 Å². The second-order valence-electron chi connectivity index (χ2n) is 7.41. The molecular weight excluding hydrogens is 362 g/mol. The van der Waals surface area contributed by atoms with Crippen molar-refractivity contribution in [3.63, 3.8) is 0 Å². The normalized spacial score (nSPS) is 16.4. The van der Waals surface area contributed by atoms with E-state index in [0.717, 1.165) is 47.1 Å². The molecule has 6 heteroatoms. The maximum atomic E-state index is 13.4. The summed E-state index contributed by atoms with van der Waals surface area (Å²) in [6, 6.07) is 13.7. The Labute approximate surface area is 168 Å². The second kappa shape index (κ2) is 7.13. The summed E-state index contributed by atoms with van der Waals surface area (Å²) in [5.74, 6) is 0.0231. The number of pyridine rings is 2. The van der Waals surface area contributed by atoms with Gasteiger partial charge in [0.1, 0.15) is 0 Å². The molecule has 144 valence electrons. The standard InChI is InChI=1S/C23H21N5O/c1-27-15-18(14-26-27)17-9-10-20(25-13-17)21-8-4-12-28(21)23(29)19-7-2-5-16-6-3-11-24-22(16)19/h2-3,5-7,9-11,13-15,21H,4,8,12H2,1H3/t21-/m1/s1. The summed E-state index contributed by atoms with van der Waals surface area (Å²) >= 11 is 0. The molecule has 0 aliphatic carbocycles. The molecule has 0 N–H and O–H groups in total. The van der Waals surface area contributed by atoms with Crippen LogP contribution in [0.25, 0.3) is 22.0 Å². The predicted molar refractivity (Wildman–Crippen MR) is 111 cm³/mol. The first-order valence-electron chi connectivity index (χ1n) is 9.80. The molecule has 0 saturated carbocycles. The van der Waals surface area contributed by atoms with E-state index in [2.05, 4.69) is 21.1 Å². The van der Waals surface area contributed by atoms with E-state index >= 15 is 0 Å². The summed E-state index contributed by atoms with van der Waals surface area (Å²) in [5.41, 5.74) is 4.40. The Morgan fingerprint density at radius 1 is 1.03 bits per heavy atom. The fraction of sp³-hybridized carbons (Fsp3) is 0.217. The molecule has 1 aliphatic rings. The minimum absolute atomic E-state index is 0.00980. The molecule has 1 aromatic carbocycles. The Balaban J connectivity index is 1.44. The number of fused-ring (bicyclic) bond motifs is 1. The van der Waals surface area contributed by atoms with Gasteiger partial charge in [-0.05, 0) is 31.0 Å². The van der Waals surface area contributed by atoms with E-state index in [4.69, 9.17) is 0 Å². The van der Waals surface area contributed by atoms with Crippen molar-refractivity contribution >= 4 is 16.8 Å². The zero-order chi connectivity index (χ0) is 19.8. The van der Waals surface area contributed by atoms with Crippen LogP contribution in [0.5, 0.6) is 0 Å². The highest BCUT2D eigenvalue weighted by molar-refractivity contribution is 6.05. The van der Waals surface area contributed by atoms with Crippen molar-refractivity contribution in [2.75, 3.05) is 6.54 Å². The smallest absolute Gasteiger partial charge is 0.256 e. The molecule has 0 bridgehead atoms. The quantitative estimate of drug-likeness (QED) is 0.536. The molecule has 29 heavy (non-hydrogen) atoms. The maximum absolute atomic E-state index is 13.4. The molecule has 0 radical (unpaired) electrons. The van der Waals surface area contributed by atoms with Crippen LogP contribution in [-0.2, 0) is 7.05 Å². The van der Waals surface area contributed by atoms with Crippen LogP contribution in [0.4, 0.5) is 0 Å². The van der Waals surface area contributed by atoms with Crippen LogP contribution in [0.2, 0.25) is 0 Å². The lowest BCUT2D eigenvalue weighted by atomic mass is 10.1. The van der Waals surface area contributed by atoms with Crippen LogP contribution in [0.3, 0.4) is 0 Å². The number of hydrogen-bond acceptors (Lipinski definition) is 4. The summed E-state index contributed by atoms with van der Waals surface area (Å²) in [6.45, 7) is 0.735. The number of amides is 1. The van der Waals surface area contributed by atoms with Gasteiger partial charge in [0.2, 0.25) is 0 Å². The monoisotopic (exact) mass is 383 g/mol. The molecule has 0 unspecified atom stereocenters. The summed E-state index contributed by atoms with van der Waals surface area (Å²) in [4.78, 5) is 24.5. The van der Waals surface area contributed by atoms with Gasteiger partial charge in [0.15, 0.2) is 0 Å². The van der Waals surface area contributed by atoms with Crippen molar-refractivity contribution in [1.82, 2.24) is 24.6 Å². The molecule has 3 aromatic heterocycles. The van der Waals surface area contributed by atoms with Gasteiger partial charge in [-0.1, -0.05) is 24.3 Å². The van der Waals surface area contributed by atoms with Gasteiger partial charge in [0, 0.05) is 48.7 Å². The molecule has 1 fully saturated rings. The average Bonchev–Trinajstić information content (AvgIpc) is 3.42. The first-order valence-corrected chi connectivity index (χ1v) is 9.80. The highest BCUT2D eigenvalue weighted by Crippen LogP contribution is 2.33. The molecular formula is C23H21N5O. The fourth-order valence-corrected chi connectivity index (χ4v) is 4.09. The maximum Gasteiger partial charge on any atom is 0.256 e. The number of aryl methyl sites for hydroxylation is 1. The first kappa shape index (κ1) is 17.6. The zero-order valence-corrected chi connectivity index (χ0v) is 16.2. The summed E-state index contributed by atoms with van der Waals surface area (Å²) in [6.07, 6.45) is 9.29. The number of para-hydroxylation sites is 1. The average molecular weight is 383 g/mol. The summed E-state index contributed by atoms with van der Waals surface area (Å²) in [5, 5.41) is 5.20. The zero-order valence-electron chi connectivity index (χ0n) is 16.2. The Morgan fingerprint density at radius 2 is 1.93 bits per heavy atom. The third-order valence-corrected chi connectivity index (χ3v) is 5.54. The van der Waals surface area contributed by atoms with E-state index < -0.39 is 0 Å². The number of nitrogens with zero attached hydrogens (tertiary/aromatic N) is 5. The molecule has 1 atom stereocenters. The third kappa shape index (κ3) is 3.16. The van der Waals surface area contributed by atoms with E-state index in [9.17, 15) is 4.79 Å². The van der Waals surface area contributed by atoms with Gasteiger partial charge in [-0.15, -0.1) is 0 Å². The lowest BCUT2D eigenvalue weighted by Gasteiger charge is -2.25. The van der Waals surface area contributed by atoms with Crippen LogP contribution < -0.4 is 0 Å². The van der Waals surface area contributed by atoms with Gasteiger partial charge in [0.05, 0.1) is 29.0 Å². The molecule has 0 spiro atoms. The van der Waals surface area contributed by atoms with Crippen LogP contribution in [0.15, 0.2) is 67.3 Å². The van der Waals surface area contributed by atoms with Crippen LogP contribution >= 0.6 is 0 Å². The SMILES string of the molecule is Cn1cc(-c2ccc([C@H]3CCCN3C(=O)c3cccc4cccnc34)nc2)cn1. The van der Waals surface area contributed by atoms with Crippen LogP contribution in [0, 0.1) is 0 Å². The van der Waals surface area contributed by atoms with Crippen LogP contribution in [-0.4, -0.2) is 37.1 Å². The summed E-state index contributed by atoms with van der Waals surface area (Å²) < 4.78 is 1.78. The lowest BCUT2D eigenvalue weighted by Crippen LogP contribution is -2.31. The van der Waals surface area contributed by atoms with Crippen molar-refractivity contribution in [3.05, 3.63) is 78.5 Å². The third-order valence-electron chi connectivity index (χ3n) is 5.54. The predicted octanol–water partition coefficient (Wildman–Crippen LogP) is 4.01. The second-order valence-corrected chi connectivity index (χ2v) is 7.41. The molecule has 6 nitrogen and oxygen atoms in total. The van der Waals surface area contributed by atoms with E-state index in [-0.39, 0.29) is 11.9 Å². The Bertz CT molecular complexity index is 1180. The van der Waals surface area contributed by atoms with Gasteiger partial charge in [-0.25, -0.2) is 0 Å². The van der Waals surface area contributed by atoms with Crippen molar-refractivity contribution in [1.29, 1.82) is 0 Å². The minimum atomic E-state index is -0.00980.